The van der Waals surface area contributed by atoms with Gasteiger partial charge in [0.25, 0.3) is 5.91 Å². The lowest BCUT2D eigenvalue weighted by molar-refractivity contribution is 0.0636. The number of carbonyl (C=O) groups is 2. The third-order valence-corrected chi connectivity index (χ3v) is 3.71. The van der Waals surface area contributed by atoms with Crippen molar-refractivity contribution in [2.75, 3.05) is 6.54 Å². The summed E-state index contributed by atoms with van der Waals surface area (Å²) in [7, 11) is 0. The number of aromatic carboxylic acids is 1. The third kappa shape index (κ3) is 3.12. The van der Waals surface area contributed by atoms with Crippen molar-refractivity contribution in [2.24, 2.45) is 0 Å². The van der Waals surface area contributed by atoms with E-state index in [0.29, 0.717) is 6.54 Å². The first-order chi connectivity index (χ1) is 9.63. The molecular weight excluding hydrogens is 258 g/mol. The van der Waals surface area contributed by atoms with Crippen LogP contribution in [-0.2, 0) is 0 Å². The molecule has 0 saturated heterocycles. The van der Waals surface area contributed by atoms with Crippen LogP contribution in [0.4, 0.5) is 0 Å². The van der Waals surface area contributed by atoms with E-state index in [9.17, 15) is 9.59 Å². The molecule has 0 aromatic carbocycles. The van der Waals surface area contributed by atoms with E-state index >= 15 is 0 Å². The quantitative estimate of drug-likeness (QED) is 0.909. The van der Waals surface area contributed by atoms with Crippen molar-refractivity contribution in [1.82, 2.24) is 14.9 Å². The maximum Gasteiger partial charge on any atom is 0.356 e. The summed E-state index contributed by atoms with van der Waals surface area (Å²) in [6.07, 6.45) is 7.97. The molecule has 1 aromatic heterocycles. The molecule has 0 radical (unpaired) electrons. The van der Waals surface area contributed by atoms with Gasteiger partial charge in [-0.15, -0.1) is 0 Å². The predicted octanol–water partition coefficient (Wildman–Crippen LogP) is 1.97. The van der Waals surface area contributed by atoms with Gasteiger partial charge in [0.2, 0.25) is 0 Å². The van der Waals surface area contributed by atoms with Crippen molar-refractivity contribution >= 4 is 11.9 Å². The van der Waals surface area contributed by atoms with Crippen molar-refractivity contribution in [3.63, 3.8) is 0 Å². The molecule has 6 heteroatoms. The molecule has 0 bridgehead atoms. The SMILES string of the molecule is CCN(C(=O)c1cnc(C(=O)O)cn1)C1CCCCC1. The van der Waals surface area contributed by atoms with Gasteiger partial charge in [-0.1, -0.05) is 19.3 Å². The summed E-state index contributed by atoms with van der Waals surface area (Å²) >= 11 is 0. The summed E-state index contributed by atoms with van der Waals surface area (Å²) in [5.74, 6) is -1.31. The number of nitrogens with zero attached hydrogens (tertiary/aromatic N) is 3. The number of carboxylic acids is 1. The molecule has 0 unspecified atom stereocenters. The first kappa shape index (κ1) is 14.4. The van der Waals surface area contributed by atoms with Gasteiger partial charge in [-0.05, 0) is 19.8 Å². The van der Waals surface area contributed by atoms with Crippen LogP contribution in [0.25, 0.3) is 0 Å². The minimum absolute atomic E-state index is 0.151. The largest absolute Gasteiger partial charge is 0.476 e. The maximum atomic E-state index is 12.4. The predicted molar refractivity (Wildman–Crippen MR) is 72.6 cm³/mol. The highest BCUT2D eigenvalue weighted by Crippen LogP contribution is 2.23. The minimum atomic E-state index is -1.14. The van der Waals surface area contributed by atoms with Crippen molar-refractivity contribution in [1.29, 1.82) is 0 Å². The van der Waals surface area contributed by atoms with Gasteiger partial charge in [0.05, 0.1) is 12.4 Å². The first-order valence-corrected chi connectivity index (χ1v) is 6.99. The van der Waals surface area contributed by atoms with Crippen LogP contribution in [0.3, 0.4) is 0 Å². The second-order valence-electron chi connectivity index (χ2n) is 4.98. The molecule has 1 saturated carbocycles. The lowest BCUT2D eigenvalue weighted by atomic mass is 9.94. The smallest absolute Gasteiger partial charge is 0.356 e. The zero-order chi connectivity index (χ0) is 14.5. The fourth-order valence-corrected chi connectivity index (χ4v) is 2.66. The van der Waals surface area contributed by atoms with E-state index in [1.165, 1.54) is 12.6 Å². The maximum absolute atomic E-state index is 12.4. The topological polar surface area (TPSA) is 83.4 Å². The van der Waals surface area contributed by atoms with Crippen LogP contribution >= 0.6 is 0 Å². The van der Waals surface area contributed by atoms with Gasteiger partial charge in [-0.25, -0.2) is 14.8 Å². The van der Waals surface area contributed by atoms with Crippen LogP contribution in [0.2, 0.25) is 0 Å². The second-order valence-corrected chi connectivity index (χ2v) is 4.98. The number of rotatable bonds is 4. The Labute approximate surface area is 117 Å². The van der Waals surface area contributed by atoms with Crippen LogP contribution in [0.15, 0.2) is 12.4 Å². The van der Waals surface area contributed by atoms with E-state index in [2.05, 4.69) is 9.97 Å². The molecule has 0 atom stereocenters. The van der Waals surface area contributed by atoms with Crippen molar-refractivity contribution in [3.8, 4) is 0 Å². The average molecular weight is 277 g/mol. The molecule has 1 aliphatic carbocycles. The number of hydrogen-bond donors (Lipinski definition) is 1. The summed E-state index contributed by atoms with van der Waals surface area (Å²) < 4.78 is 0. The fraction of sp³-hybridized carbons (Fsp3) is 0.571. The lowest BCUT2D eigenvalue weighted by Crippen LogP contribution is -2.41. The van der Waals surface area contributed by atoms with E-state index in [0.717, 1.165) is 31.9 Å². The van der Waals surface area contributed by atoms with Crippen LogP contribution in [0.5, 0.6) is 0 Å². The van der Waals surface area contributed by atoms with Crippen LogP contribution in [0, 0.1) is 0 Å². The number of hydrogen-bond acceptors (Lipinski definition) is 4. The standard InChI is InChI=1S/C14H19N3O3/c1-2-17(10-6-4-3-5-7-10)13(18)11-8-16-12(9-15-11)14(19)20/h8-10H,2-7H2,1H3,(H,19,20). The van der Waals surface area contributed by atoms with Gasteiger partial charge in [-0.3, -0.25) is 4.79 Å². The highest BCUT2D eigenvalue weighted by atomic mass is 16.4. The highest BCUT2D eigenvalue weighted by Gasteiger charge is 2.26. The van der Waals surface area contributed by atoms with Gasteiger partial charge < -0.3 is 10.0 Å². The van der Waals surface area contributed by atoms with Gasteiger partial charge in [0, 0.05) is 12.6 Å². The summed E-state index contributed by atoms with van der Waals surface area (Å²) in [4.78, 5) is 32.7. The lowest BCUT2D eigenvalue weighted by Gasteiger charge is -2.33. The summed E-state index contributed by atoms with van der Waals surface area (Å²) in [6.45, 7) is 2.58. The van der Waals surface area contributed by atoms with E-state index in [4.69, 9.17) is 5.11 Å². The zero-order valence-electron chi connectivity index (χ0n) is 11.6. The van der Waals surface area contributed by atoms with Gasteiger partial charge in [-0.2, -0.15) is 0 Å². The van der Waals surface area contributed by atoms with Gasteiger partial charge in [0.15, 0.2) is 5.69 Å². The van der Waals surface area contributed by atoms with Crippen molar-refractivity contribution < 1.29 is 14.7 Å². The normalized spacial score (nSPS) is 15.8. The van der Waals surface area contributed by atoms with Gasteiger partial charge >= 0.3 is 5.97 Å². The molecule has 2 rings (SSSR count). The third-order valence-electron chi connectivity index (χ3n) is 3.71. The van der Waals surface area contributed by atoms with E-state index in [1.807, 2.05) is 11.8 Å². The Morgan fingerprint density at radius 2 is 1.80 bits per heavy atom. The summed E-state index contributed by atoms with van der Waals surface area (Å²) in [5, 5.41) is 8.78. The minimum Gasteiger partial charge on any atom is -0.476 e. The Bertz CT molecular complexity index is 481. The van der Waals surface area contributed by atoms with Crippen LogP contribution < -0.4 is 0 Å². The molecule has 1 heterocycles. The number of carboxylic acid groups (broad SMARTS) is 1. The van der Waals surface area contributed by atoms with E-state index in [1.54, 1.807) is 0 Å². The molecule has 108 valence electrons. The van der Waals surface area contributed by atoms with E-state index in [-0.39, 0.29) is 23.3 Å². The zero-order valence-corrected chi connectivity index (χ0v) is 11.6. The second kappa shape index (κ2) is 6.45. The average Bonchev–Trinajstić information content (AvgIpc) is 2.49. The summed E-state index contributed by atoms with van der Waals surface area (Å²) in [6, 6.07) is 0.266. The Morgan fingerprint density at radius 1 is 1.20 bits per heavy atom. The number of aromatic nitrogens is 2. The Hall–Kier alpha value is -1.98. The molecule has 1 aliphatic rings. The number of carbonyl (C=O) groups excluding carboxylic acids is 1. The van der Waals surface area contributed by atoms with Gasteiger partial charge in [0.1, 0.15) is 5.69 Å². The molecule has 6 nitrogen and oxygen atoms in total. The Kier molecular flexibility index (Phi) is 4.65. The van der Waals surface area contributed by atoms with Crippen molar-refractivity contribution in [3.05, 3.63) is 23.8 Å². The first-order valence-electron chi connectivity index (χ1n) is 6.99. The van der Waals surface area contributed by atoms with Crippen LogP contribution in [0.1, 0.15) is 60.0 Å². The Balaban J connectivity index is 2.13. The molecule has 0 aliphatic heterocycles. The van der Waals surface area contributed by atoms with Crippen LogP contribution in [-0.4, -0.2) is 44.4 Å². The number of amides is 1. The molecule has 1 N–H and O–H groups in total. The molecule has 1 aromatic rings. The molecule has 1 fully saturated rings. The molecule has 20 heavy (non-hydrogen) atoms. The van der Waals surface area contributed by atoms with E-state index < -0.39 is 5.97 Å². The molecule has 0 spiro atoms. The van der Waals surface area contributed by atoms with Crippen molar-refractivity contribution in [2.45, 2.75) is 45.1 Å². The molecule has 1 amide bonds. The fourth-order valence-electron chi connectivity index (χ4n) is 2.66. The Morgan fingerprint density at radius 3 is 2.30 bits per heavy atom. The monoisotopic (exact) mass is 277 g/mol. The molecular formula is C14H19N3O3. The summed E-state index contributed by atoms with van der Waals surface area (Å²) in [5.41, 5.74) is 0.0599. The highest BCUT2D eigenvalue weighted by molar-refractivity contribution is 5.93.